The molecular weight excluding hydrogens is 216 g/mol. The van der Waals surface area contributed by atoms with Gasteiger partial charge in [-0.25, -0.2) is 0 Å². The molecule has 1 aliphatic rings. The van der Waals surface area contributed by atoms with Crippen molar-refractivity contribution in [3.63, 3.8) is 0 Å². The van der Waals surface area contributed by atoms with E-state index in [0.717, 1.165) is 19.3 Å². The normalized spacial score (nSPS) is 16.7. The Morgan fingerprint density at radius 3 is 2.82 bits per heavy atom. The maximum atomic E-state index is 11.9. The Morgan fingerprint density at radius 1 is 1.53 bits per heavy atom. The molecule has 1 aromatic carbocycles. The van der Waals surface area contributed by atoms with Crippen molar-refractivity contribution < 1.29 is 9.90 Å². The van der Waals surface area contributed by atoms with E-state index in [1.807, 2.05) is 6.07 Å². The minimum Gasteiger partial charge on any atom is -0.394 e. The predicted octanol–water partition coefficient (Wildman–Crippen LogP) is 1.20. The maximum Gasteiger partial charge on any atom is 0.251 e. The molecule has 4 nitrogen and oxygen atoms in total. The van der Waals surface area contributed by atoms with Gasteiger partial charge < -0.3 is 10.4 Å². The molecule has 1 fully saturated rings. The summed E-state index contributed by atoms with van der Waals surface area (Å²) in [5.41, 5.74) is 0.479. The number of rotatable bonds is 3. The fourth-order valence-corrected chi connectivity index (χ4v) is 1.97. The summed E-state index contributed by atoms with van der Waals surface area (Å²) in [6.45, 7) is -0.0311. The third kappa shape index (κ3) is 2.29. The molecule has 2 rings (SSSR count). The Kier molecular flexibility index (Phi) is 3.12. The molecule has 0 saturated heterocycles. The molecule has 0 heterocycles. The van der Waals surface area contributed by atoms with E-state index in [9.17, 15) is 9.90 Å². The van der Waals surface area contributed by atoms with Gasteiger partial charge in [-0.15, -0.1) is 0 Å². The first-order valence-electron chi connectivity index (χ1n) is 5.63. The summed E-state index contributed by atoms with van der Waals surface area (Å²) in [7, 11) is 0. The molecule has 1 aromatic rings. The first-order valence-corrected chi connectivity index (χ1v) is 5.63. The van der Waals surface area contributed by atoms with E-state index in [1.54, 1.807) is 24.3 Å². The van der Waals surface area contributed by atoms with Crippen LogP contribution in [0.5, 0.6) is 0 Å². The molecule has 0 aliphatic heterocycles. The molecule has 1 aliphatic carbocycles. The van der Waals surface area contributed by atoms with Gasteiger partial charge in [-0.1, -0.05) is 6.07 Å². The Morgan fingerprint density at radius 2 is 2.29 bits per heavy atom. The highest BCUT2D eigenvalue weighted by Gasteiger charge is 2.37. The lowest BCUT2D eigenvalue weighted by molar-refractivity contribution is 0.0641. The van der Waals surface area contributed by atoms with E-state index in [0.29, 0.717) is 11.1 Å². The second kappa shape index (κ2) is 4.56. The molecule has 0 unspecified atom stereocenters. The summed E-state index contributed by atoms with van der Waals surface area (Å²) in [6, 6.07) is 8.55. The van der Waals surface area contributed by atoms with E-state index in [4.69, 9.17) is 5.26 Å². The van der Waals surface area contributed by atoms with Crippen LogP contribution in [-0.2, 0) is 0 Å². The maximum absolute atomic E-state index is 11.9. The lowest BCUT2D eigenvalue weighted by Crippen LogP contribution is -2.56. The fourth-order valence-electron chi connectivity index (χ4n) is 1.97. The number of amides is 1. The largest absolute Gasteiger partial charge is 0.394 e. The molecule has 0 aromatic heterocycles. The minimum atomic E-state index is -0.445. The zero-order valence-electron chi connectivity index (χ0n) is 9.44. The molecule has 88 valence electrons. The summed E-state index contributed by atoms with van der Waals surface area (Å²) < 4.78 is 0. The molecule has 1 amide bonds. The minimum absolute atomic E-state index is 0.0311. The number of aliphatic hydroxyl groups excluding tert-OH is 1. The van der Waals surface area contributed by atoms with Gasteiger partial charge in [0.1, 0.15) is 0 Å². The van der Waals surface area contributed by atoms with Crippen LogP contribution >= 0.6 is 0 Å². The summed E-state index contributed by atoms with van der Waals surface area (Å²) in [4.78, 5) is 11.9. The zero-order chi connectivity index (χ0) is 12.3. The highest BCUT2D eigenvalue weighted by atomic mass is 16.3. The van der Waals surface area contributed by atoms with Gasteiger partial charge in [0.05, 0.1) is 23.8 Å². The molecule has 1 saturated carbocycles. The van der Waals surface area contributed by atoms with Crippen LogP contribution in [0.4, 0.5) is 0 Å². The lowest BCUT2D eigenvalue weighted by Gasteiger charge is -2.40. The molecule has 17 heavy (non-hydrogen) atoms. The lowest BCUT2D eigenvalue weighted by atomic mass is 9.77. The number of carbonyl (C=O) groups is 1. The summed E-state index contributed by atoms with van der Waals surface area (Å²) in [5.74, 6) is -0.226. The van der Waals surface area contributed by atoms with E-state index < -0.39 is 5.54 Å². The Labute approximate surface area is 99.9 Å². The van der Waals surface area contributed by atoms with Crippen LogP contribution in [0.2, 0.25) is 0 Å². The van der Waals surface area contributed by atoms with Crippen LogP contribution in [0, 0.1) is 11.3 Å². The first-order chi connectivity index (χ1) is 8.19. The van der Waals surface area contributed by atoms with E-state index in [-0.39, 0.29) is 12.5 Å². The molecule has 2 N–H and O–H groups in total. The first kappa shape index (κ1) is 11.6. The van der Waals surface area contributed by atoms with Gasteiger partial charge in [0, 0.05) is 5.56 Å². The van der Waals surface area contributed by atoms with Crippen molar-refractivity contribution in [3.8, 4) is 6.07 Å². The standard InChI is InChI=1S/C13H14N2O2/c14-8-10-3-1-4-11(7-10)12(17)15-13(9-16)5-2-6-13/h1,3-4,7,16H,2,5-6,9H2,(H,15,17). The number of hydrogen-bond donors (Lipinski definition) is 2. The number of aliphatic hydroxyl groups is 1. The van der Waals surface area contributed by atoms with Crippen molar-refractivity contribution in [1.29, 1.82) is 5.26 Å². The van der Waals surface area contributed by atoms with Crippen molar-refractivity contribution in [1.82, 2.24) is 5.32 Å². The summed E-state index contributed by atoms with van der Waals surface area (Å²) in [6.07, 6.45) is 2.65. The molecule has 0 bridgehead atoms. The van der Waals surface area contributed by atoms with Crippen molar-refractivity contribution in [2.24, 2.45) is 0 Å². The van der Waals surface area contributed by atoms with Gasteiger partial charge in [0.15, 0.2) is 0 Å². The highest BCUT2D eigenvalue weighted by molar-refractivity contribution is 5.95. The molecule has 4 heteroatoms. The molecule has 0 atom stereocenters. The highest BCUT2D eigenvalue weighted by Crippen LogP contribution is 2.31. The predicted molar refractivity (Wildman–Crippen MR) is 62.3 cm³/mol. The third-order valence-electron chi connectivity index (χ3n) is 3.25. The van der Waals surface area contributed by atoms with Gasteiger partial charge in [0.2, 0.25) is 0 Å². The van der Waals surface area contributed by atoms with Crippen LogP contribution in [0.15, 0.2) is 24.3 Å². The van der Waals surface area contributed by atoms with E-state index in [1.165, 1.54) is 0 Å². The van der Waals surface area contributed by atoms with Crippen LogP contribution < -0.4 is 5.32 Å². The summed E-state index contributed by atoms with van der Waals surface area (Å²) in [5, 5.41) is 20.9. The SMILES string of the molecule is N#Cc1cccc(C(=O)NC2(CO)CCC2)c1. The molecular formula is C13H14N2O2. The van der Waals surface area contributed by atoms with Crippen molar-refractivity contribution in [2.75, 3.05) is 6.61 Å². The fraction of sp³-hybridized carbons (Fsp3) is 0.385. The zero-order valence-corrected chi connectivity index (χ0v) is 9.44. The van der Waals surface area contributed by atoms with Gasteiger partial charge in [-0.05, 0) is 37.5 Å². The number of nitrogens with one attached hydrogen (secondary N) is 1. The van der Waals surface area contributed by atoms with Crippen LogP contribution in [0.3, 0.4) is 0 Å². The van der Waals surface area contributed by atoms with Crippen molar-refractivity contribution in [3.05, 3.63) is 35.4 Å². The van der Waals surface area contributed by atoms with Crippen molar-refractivity contribution >= 4 is 5.91 Å². The number of nitriles is 1. The Hall–Kier alpha value is -1.86. The van der Waals surface area contributed by atoms with Gasteiger partial charge >= 0.3 is 0 Å². The third-order valence-corrected chi connectivity index (χ3v) is 3.25. The van der Waals surface area contributed by atoms with Crippen LogP contribution in [0.1, 0.15) is 35.2 Å². The smallest absolute Gasteiger partial charge is 0.251 e. The average Bonchev–Trinajstić information content (AvgIpc) is 2.33. The Balaban J connectivity index is 2.12. The van der Waals surface area contributed by atoms with Gasteiger partial charge in [-0.2, -0.15) is 5.26 Å². The molecule has 0 spiro atoms. The Bertz CT molecular complexity index is 467. The average molecular weight is 230 g/mol. The second-order valence-corrected chi connectivity index (χ2v) is 4.44. The number of benzene rings is 1. The summed E-state index contributed by atoms with van der Waals surface area (Å²) >= 11 is 0. The monoisotopic (exact) mass is 230 g/mol. The van der Waals surface area contributed by atoms with Gasteiger partial charge in [0.25, 0.3) is 5.91 Å². The number of nitrogens with zero attached hydrogens (tertiary/aromatic N) is 1. The topological polar surface area (TPSA) is 73.1 Å². The second-order valence-electron chi connectivity index (χ2n) is 4.44. The van der Waals surface area contributed by atoms with Crippen molar-refractivity contribution in [2.45, 2.75) is 24.8 Å². The molecule has 0 radical (unpaired) electrons. The quantitative estimate of drug-likeness (QED) is 0.819. The number of hydrogen-bond acceptors (Lipinski definition) is 3. The van der Waals surface area contributed by atoms with E-state index >= 15 is 0 Å². The van der Waals surface area contributed by atoms with E-state index in [2.05, 4.69) is 5.32 Å². The van der Waals surface area contributed by atoms with Crippen LogP contribution in [0.25, 0.3) is 0 Å². The van der Waals surface area contributed by atoms with Crippen LogP contribution in [-0.4, -0.2) is 23.2 Å². The number of carbonyl (C=O) groups excluding carboxylic acids is 1. The van der Waals surface area contributed by atoms with Gasteiger partial charge in [-0.3, -0.25) is 4.79 Å².